The van der Waals surface area contributed by atoms with E-state index in [9.17, 15) is 18.0 Å². The molecule has 0 saturated carbocycles. The zero-order chi connectivity index (χ0) is 23.8. The van der Waals surface area contributed by atoms with Crippen molar-refractivity contribution in [3.63, 3.8) is 0 Å². The van der Waals surface area contributed by atoms with E-state index in [2.05, 4.69) is 5.32 Å². The summed E-state index contributed by atoms with van der Waals surface area (Å²) >= 11 is 0. The van der Waals surface area contributed by atoms with E-state index in [4.69, 9.17) is 9.47 Å². The molecule has 9 nitrogen and oxygen atoms in total. The van der Waals surface area contributed by atoms with Crippen molar-refractivity contribution >= 4 is 27.5 Å². The molecular weight excluding hydrogens is 446 g/mol. The Morgan fingerprint density at radius 2 is 1.82 bits per heavy atom. The summed E-state index contributed by atoms with van der Waals surface area (Å²) in [5.74, 6) is 0.748. The highest BCUT2D eigenvalue weighted by Gasteiger charge is 2.33. The molecule has 2 aliphatic heterocycles. The smallest absolute Gasteiger partial charge is 0.265 e. The first-order chi connectivity index (χ1) is 15.7. The predicted octanol–water partition coefficient (Wildman–Crippen LogP) is 1.80. The molecule has 2 aromatic rings. The zero-order valence-electron chi connectivity index (χ0n) is 18.8. The quantitative estimate of drug-likeness (QED) is 0.710. The minimum absolute atomic E-state index is 0.0414. The van der Waals surface area contributed by atoms with E-state index in [-0.39, 0.29) is 36.2 Å². The molecule has 0 aliphatic carbocycles. The number of carbonyl (C=O) groups excluding carboxylic acids is 2. The second-order valence-electron chi connectivity index (χ2n) is 8.17. The van der Waals surface area contributed by atoms with Crippen molar-refractivity contribution < 1.29 is 27.5 Å². The summed E-state index contributed by atoms with van der Waals surface area (Å²) in [5.41, 5.74) is 1.86. The molecule has 0 bridgehead atoms. The maximum atomic E-state index is 13.3. The van der Waals surface area contributed by atoms with Gasteiger partial charge in [0.2, 0.25) is 15.9 Å². The van der Waals surface area contributed by atoms with Gasteiger partial charge in [0.15, 0.2) is 6.10 Å². The minimum Gasteiger partial charge on any atom is -0.497 e. The van der Waals surface area contributed by atoms with Crippen LogP contribution in [0.25, 0.3) is 0 Å². The number of amides is 2. The van der Waals surface area contributed by atoms with Gasteiger partial charge >= 0.3 is 0 Å². The largest absolute Gasteiger partial charge is 0.497 e. The van der Waals surface area contributed by atoms with Crippen molar-refractivity contribution in [2.45, 2.75) is 31.3 Å². The first-order valence-corrected chi connectivity index (χ1v) is 12.2. The average molecular weight is 474 g/mol. The van der Waals surface area contributed by atoms with Gasteiger partial charge in [-0.15, -0.1) is 0 Å². The number of piperazine rings is 1. The van der Waals surface area contributed by atoms with E-state index in [1.807, 2.05) is 24.3 Å². The number of nitrogens with one attached hydrogen (secondary N) is 1. The van der Waals surface area contributed by atoms with Crippen molar-refractivity contribution in [2.24, 2.45) is 0 Å². The molecular formula is C23H27N3O6S. The Balaban J connectivity index is 1.43. The number of fused-ring (bicyclic) bond motifs is 1. The highest BCUT2D eigenvalue weighted by Crippen LogP contribution is 2.35. The molecule has 10 heteroatoms. The fraction of sp³-hybridized carbons (Fsp3) is 0.391. The molecule has 1 N–H and O–H groups in total. The number of methoxy groups -OCH3 is 1. The van der Waals surface area contributed by atoms with E-state index in [1.165, 1.54) is 10.4 Å². The van der Waals surface area contributed by atoms with Crippen LogP contribution in [0.4, 0.5) is 5.69 Å². The summed E-state index contributed by atoms with van der Waals surface area (Å²) in [5, 5.41) is 2.73. The minimum atomic E-state index is -3.78. The van der Waals surface area contributed by atoms with Crippen LogP contribution in [0.15, 0.2) is 41.3 Å². The third-order valence-corrected chi connectivity index (χ3v) is 7.97. The number of hydrogen-bond donors (Lipinski definition) is 1. The maximum Gasteiger partial charge on any atom is 0.265 e. The van der Waals surface area contributed by atoms with E-state index in [0.29, 0.717) is 30.1 Å². The van der Waals surface area contributed by atoms with Gasteiger partial charge in [0, 0.05) is 32.2 Å². The van der Waals surface area contributed by atoms with Gasteiger partial charge in [-0.2, -0.15) is 4.31 Å². The number of aryl methyl sites for hydroxylation is 1. The fourth-order valence-corrected chi connectivity index (χ4v) is 5.61. The maximum absolute atomic E-state index is 13.3. The van der Waals surface area contributed by atoms with Gasteiger partial charge in [-0.05, 0) is 43.2 Å². The molecule has 2 heterocycles. The van der Waals surface area contributed by atoms with Crippen LogP contribution < -0.4 is 14.8 Å². The number of ether oxygens (including phenoxy) is 2. The normalized spacial score (nSPS) is 18.8. The van der Waals surface area contributed by atoms with Gasteiger partial charge in [-0.1, -0.05) is 12.1 Å². The first kappa shape index (κ1) is 23.1. The lowest BCUT2D eigenvalue weighted by Crippen LogP contribution is -2.51. The third kappa shape index (κ3) is 4.67. The molecule has 0 spiro atoms. The highest BCUT2D eigenvalue weighted by atomic mass is 32.2. The van der Waals surface area contributed by atoms with Crippen LogP contribution >= 0.6 is 0 Å². The highest BCUT2D eigenvalue weighted by molar-refractivity contribution is 7.89. The SMILES string of the molecule is COc1ccc(CC(=O)N2CCN(S(=O)(=O)c3cc4c(cc3C)NC(=O)C(C)O4)CC2)cc1. The lowest BCUT2D eigenvalue weighted by atomic mass is 10.1. The number of hydrogen-bond acceptors (Lipinski definition) is 6. The second-order valence-corrected chi connectivity index (χ2v) is 10.1. The lowest BCUT2D eigenvalue weighted by molar-refractivity contribution is -0.131. The van der Waals surface area contributed by atoms with Crippen LogP contribution in [0.3, 0.4) is 0 Å². The van der Waals surface area contributed by atoms with Crippen molar-refractivity contribution in [1.29, 1.82) is 0 Å². The standard InChI is InChI=1S/C23H27N3O6S/c1-15-12-19-20(32-16(2)23(28)24-19)14-21(15)33(29,30)26-10-8-25(9-11-26)22(27)13-17-4-6-18(31-3)7-5-17/h4-7,12,14,16H,8-11,13H2,1-3H3,(H,24,28). The molecule has 33 heavy (non-hydrogen) atoms. The summed E-state index contributed by atoms with van der Waals surface area (Å²) in [6, 6.07) is 10.4. The fourth-order valence-electron chi connectivity index (χ4n) is 3.97. The lowest BCUT2D eigenvalue weighted by Gasteiger charge is -2.34. The Kier molecular flexibility index (Phi) is 6.31. The predicted molar refractivity (Wildman–Crippen MR) is 122 cm³/mol. The van der Waals surface area contributed by atoms with Gasteiger partial charge in [-0.25, -0.2) is 8.42 Å². The van der Waals surface area contributed by atoms with E-state index < -0.39 is 16.1 Å². The Labute approximate surface area is 193 Å². The molecule has 2 amide bonds. The number of benzene rings is 2. The summed E-state index contributed by atoms with van der Waals surface area (Å²) in [7, 11) is -2.20. The number of carbonyl (C=O) groups is 2. The van der Waals surface area contributed by atoms with Crippen LogP contribution in [0.5, 0.6) is 11.5 Å². The first-order valence-electron chi connectivity index (χ1n) is 10.7. The molecule has 2 aliphatic rings. The van der Waals surface area contributed by atoms with Crippen LogP contribution in [-0.4, -0.2) is 68.8 Å². The zero-order valence-corrected chi connectivity index (χ0v) is 19.6. The van der Waals surface area contributed by atoms with Crippen molar-refractivity contribution in [3.05, 3.63) is 47.5 Å². The Morgan fingerprint density at radius 3 is 2.45 bits per heavy atom. The van der Waals surface area contributed by atoms with Crippen molar-refractivity contribution in [1.82, 2.24) is 9.21 Å². The summed E-state index contributed by atoms with van der Waals surface area (Å²) < 4.78 is 38.8. The van der Waals surface area contributed by atoms with Gasteiger partial charge in [0.1, 0.15) is 11.5 Å². The van der Waals surface area contributed by atoms with Gasteiger partial charge in [0.05, 0.1) is 24.1 Å². The topological polar surface area (TPSA) is 105 Å². The monoisotopic (exact) mass is 473 g/mol. The third-order valence-electron chi connectivity index (χ3n) is 5.93. The Bertz CT molecular complexity index is 1170. The summed E-state index contributed by atoms with van der Waals surface area (Å²) in [6.07, 6.45) is -0.446. The summed E-state index contributed by atoms with van der Waals surface area (Å²) in [4.78, 5) is 26.4. The van der Waals surface area contributed by atoms with Gasteiger partial charge in [0.25, 0.3) is 5.91 Å². The van der Waals surface area contributed by atoms with Crippen LogP contribution in [0, 0.1) is 6.92 Å². The molecule has 1 unspecified atom stereocenters. The van der Waals surface area contributed by atoms with Gasteiger partial charge < -0.3 is 19.7 Å². The number of nitrogens with zero attached hydrogens (tertiary/aromatic N) is 2. The second kappa shape index (κ2) is 9.03. The van der Waals surface area contributed by atoms with E-state index in [0.717, 1.165) is 11.3 Å². The molecule has 176 valence electrons. The van der Waals surface area contributed by atoms with Gasteiger partial charge in [-0.3, -0.25) is 9.59 Å². The molecule has 1 saturated heterocycles. The van der Waals surface area contributed by atoms with E-state index >= 15 is 0 Å². The number of rotatable bonds is 5. The van der Waals surface area contributed by atoms with Crippen molar-refractivity contribution in [2.75, 3.05) is 38.6 Å². The average Bonchev–Trinajstić information content (AvgIpc) is 2.80. The molecule has 1 atom stereocenters. The molecule has 0 aromatic heterocycles. The molecule has 0 radical (unpaired) electrons. The molecule has 1 fully saturated rings. The Hall–Kier alpha value is -3.11. The van der Waals surface area contributed by atoms with Crippen LogP contribution in [0.2, 0.25) is 0 Å². The van der Waals surface area contributed by atoms with E-state index in [1.54, 1.807) is 31.9 Å². The summed E-state index contributed by atoms with van der Waals surface area (Å²) in [6.45, 7) is 4.35. The van der Waals surface area contributed by atoms with Crippen LogP contribution in [-0.2, 0) is 26.0 Å². The van der Waals surface area contributed by atoms with Crippen LogP contribution in [0.1, 0.15) is 18.1 Å². The molecule has 2 aromatic carbocycles. The number of sulfonamides is 1. The van der Waals surface area contributed by atoms with Crippen molar-refractivity contribution in [3.8, 4) is 11.5 Å². The Morgan fingerprint density at radius 1 is 1.15 bits per heavy atom. The molecule has 4 rings (SSSR count). The number of anilines is 1.